The van der Waals surface area contributed by atoms with E-state index in [9.17, 15) is 9.59 Å². The standard InChI is InChI=1S/C14H13ClN2O3/c1-17-8-13(20-2)12(18)7-11(17)14(19)16-10-5-3-4-9(15)6-10/h3-8H,1-2H3,(H,16,19). The second kappa shape index (κ2) is 5.79. The maximum Gasteiger partial charge on any atom is 0.272 e. The average molecular weight is 293 g/mol. The molecular weight excluding hydrogens is 280 g/mol. The van der Waals surface area contributed by atoms with Crippen molar-refractivity contribution in [1.82, 2.24) is 4.57 Å². The largest absolute Gasteiger partial charge is 0.491 e. The number of rotatable bonds is 3. The maximum absolute atomic E-state index is 12.1. The number of methoxy groups -OCH3 is 1. The van der Waals surface area contributed by atoms with Crippen molar-refractivity contribution in [3.8, 4) is 5.75 Å². The average Bonchev–Trinajstić information content (AvgIpc) is 2.40. The Hall–Kier alpha value is -2.27. The highest BCUT2D eigenvalue weighted by molar-refractivity contribution is 6.30. The molecule has 0 aliphatic carbocycles. The van der Waals surface area contributed by atoms with Gasteiger partial charge in [0.15, 0.2) is 5.75 Å². The van der Waals surface area contributed by atoms with Gasteiger partial charge in [-0.15, -0.1) is 0 Å². The molecule has 0 aliphatic rings. The first-order valence-electron chi connectivity index (χ1n) is 5.83. The van der Waals surface area contributed by atoms with Crippen LogP contribution in [0.4, 0.5) is 5.69 Å². The lowest BCUT2D eigenvalue weighted by Gasteiger charge is -2.10. The third kappa shape index (κ3) is 3.00. The van der Waals surface area contributed by atoms with Gasteiger partial charge in [0, 0.05) is 23.8 Å². The van der Waals surface area contributed by atoms with Crippen LogP contribution in [-0.4, -0.2) is 17.6 Å². The van der Waals surface area contributed by atoms with E-state index < -0.39 is 5.91 Å². The minimum Gasteiger partial charge on any atom is -0.491 e. The van der Waals surface area contributed by atoms with E-state index >= 15 is 0 Å². The van der Waals surface area contributed by atoms with E-state index in [1.807, 2.05) is 0 Å². The molecule has 5 nitrogen and oxygen atoms in total. The molecule has 0 aliphatic heterocycles. The van der Waals surface area contributed by atoms with Gasteiger partial charge in [-0.2, -0.15) is 0 Å². The molecule has 0 atom stereocenters. The number of aryl methyl sites for hydroxylation is 1. The Kier molecular flexibility index (Phi) is 4.10. The lowest BCUT2D eigenvalue weighted by molar-refractivity contribution is 0.101. The molecule has 0 spiro atoms. The molecule has 0 saturated carbocycles. The van der Waals surface area contributed by atoms with E-state index in [1.54, 1.807) is 31.3 Å². The summed E-state index contributed by atoms with van der Waals surface area (Å²) < 4.78 is 6.44. The summed E-state index contributed by atoms with van der Waals surface area (Å²) in [6.07, 6.45) is 1.47. The molecule has 0 radical (unpaired) electrons. The number of carbonyl (C=O) groups is 1. The number of hydrogen-bond acceptors (Lipinski definition) is 3. The number of nitrogens with one attached hydrogen (secondary N) is 1. The molecule has 0 saturated heterocycles. The number of pyridine rings is 1. The Labute approximate surface area is 120 Å². The molecular formula is C14H13ClN2O3. The number of aromatic nitrogens is 1. The first-order chi connectivity index (χ1) is 9.51. The Morgan fingerprint density at radius 2 is 2.10 bits per heavy atom. The number of ether oxygens (including phenoxy) is 1. The molecule has 2 rings (SSSR count). The molecule has 1 aromatic carbocycles. The summed E-state index contributed by atoms with van der Waals surface area (Å²) in [5, 5.41) is 3.20. The lowest BCUT2D eigenvalue weighted by Crippen LogP contribution is -2.21. The zero-order chi connectivity index (χ0) is 14.7. The smallest absolute Gasteiger partial charge is 0.272 e. The predicted octanol–water partition coefficient (Wildman–Crippen LogP) is 2.30. The van der Waals surface area contributed by atoms with Crippen molar-refractivity contribution in [1.29, 1.82) is 0 Å². The first-order valence-corrected chi connectivity index (χ1v) is 6.20. The Morgan fingerprint density at radius 1 is 1.35 bits per heavy atom. The van der Waals surface area contributed by atoms with Crippen molar-refractivity contribution in [3.05, 3.63) is 57.5 Å². The van der Waals surface area contributed by atoms with Crippen LogP contribution in [0.15, 0.2) is 41.3 Å². The number of anilines is 1. The van der Waals surface area contributed by atoms with Gasteiger partial charge in [0.1, 0.15) is 5.69 Å². The molecule has 1 N–H and O–H groups in total. The van der Waals surface area contributed by atoms with Gasteiger partial charge < -0.3 is 14.6 Å². The van der Waals surface area contributed by atoms with Crippen LogP contribution in [-0.2, 0) is 7.05 Å². The fourth-order valence-corrected chi connectivity index (χ4v) is 1.94. The molecule has 1 amide bonds. The second-order valence-electron chi connectivity index (χ2n) is 4.17. The van der Waals surface area contributed by atoms with Crippen LogP contribution in [0.3, 0.4) is 0 Å². The Bertz CT molecular complexity index is 710. The number of amides is 1. The summed E-state index contributed by atoms with van der Waals surface area (Å²) in [6.45, 7) is 0. The zero-order valence-corrected chi connectivity index (χ0v) is 11.8. The summed E-state index contributed by atoms with van der Waals surface area (Å²) >= 11 is 5.85. The fraction of sp³-hybridized carbons (Fsp3) is 0.143. The molecule has 2 aromatic rings. The lowest BCUT2D eigenvalue weighted by atomic mass is 10.2. The van der Waals surface area contributed by atoms with Gasteiger partial charge in [-0.25, -0.2) is 0 Å². The summed E-state index contributed by atoms with van der Waals surface area (Å²) in [7, 11) is 3.07. The summed E-state index contributed by atoms with van der Waals surface area (Å²) in [4.78, 5) is 23.8. The Balaban J connectivity index is 2.30. The number of benzene rings is 1. The van der Waals surface area contributed by atoms with E-state index in [4.69, 9.17) is 16.3 Å². The first kappa shape index (κ1) is 14.1. The van der Waals surface area contributed by atoms with Crippen molar-refractivity contribution in [2.75, 3.05) is 12.4 Å². The van der Waals surface area contributed by atoms with E-state index in [1.165, 1.54) is 23.9 Å². The zero-order valence-electron chi connectivity index (χ0n) is 11.0. The van der Waals surface area contributed by atoms with E-state index in [-0.39, 0.29) is 16.9 Å². The van der Waals surface area contributed by atoms with Gasteiger partial charge in [0.05, 0.1) is 13.3 Å². The maximum atomic E-state index is 12.1. The minimum atomic E-state index is -0.394. The number of halogens is 1. The minimum absolute atomic E-state index is 0.187. The van der Waals surface area contributed by atoms with Crippen LogP contribution in [0, 0.1) is 0 Å². The monoisotopic (exact) mass is 292 g/mol. The van der Waals surface area contributed by atoms with Crippen molar-refractivity contribution < 1.29 is 9.53 Å². The van der Waals surface area contributed by atoms with Crippen LogP contribution < -0.4 is 15.5 Å². The van der Waals surface area contributed by atoms with Crippen molar-refractivity contribution in [3.63, 3.8) is 0 Å². The van der Waals surface area contributed by atoms with Gasteiger partial charge in [-0.3, -0.25) is 9.59 Å². The van der Waals surface area contributed by atoms with Crippen LogP contribution in [0.25, 0.3) is 0 Å². The molecule has 0 bridgehead atoms. The van der Waals surface area contributed by atoms with E-state index in [0.717, 1.165) is 0 Å². The van der Waals surface area contributed by atoms with Crippen molar-refractivity contribution >= 4 is 23.2 Å². The normalized spacial score (nSPS) is 10.2. The molecule has 6 heteroatoms. The molecule has 1 heterocycles. The van der Waals surface area contributed by atoms with Crippen LogP contribution in [0.5, 0.6) is 5.75 Å². The highest BCUT2D eigenvalue weighted by Gasteiger charge is 2.12. The van der Waals surface area contributed by atoms with Gasteiger partial charge in [-0.1, -0.05) is 17.7 Å². The Morgan fingerprint density at radius 3 is 2.75 bits per heavy atom. The van der Waals surface area contributed by atoms with Crippen LogP contribution in [0.1, 0.15) is 10.5 Å². The highest BCUT2D eigenvalue weighted by Crippen LogP contribution is 2.16. The van der Waals surface area contributed by atoms with Gasteiger partial charge in [-0.05, 0) is 18.2 Å². The van der Waals surface area contributed by atoms with Crippen LogP contribution >= 0.6 is 11.6 Å². The van der Waals surface area contributed by atoms with Gasteiger partial charge in [0.2, 0.25) is 5.43 Å². The molecule has 0 unspecified atom stereocenters. The fourth-order valence-electron chi connectivity index (χ4n) is 1.75. The number of carbonyl (C=O) groups excluding carboxylic acids is 1. The van der Waals surface area contributed by atoms with E-state index in [0.29, 0.717) is 10.7 Å². The topological polar surface area (TPSA) is 60.3 Å². The van der Waals surface area contributed by atoms with E-state index in [2.05, 4.69) is 5.32 Å². The van der Waals surface area contributed by atoms with Crippen molar-refractivity contribution in [2.24, 2.45) is 7.05 Å². The van der Waals surface area contributed by atoms with Crippen LogP contribution in [0.2, 0.25) is 5.02 Å². The van der Waals surface area contributed by atoms with Gasteiger partial charge >= 0.3 is 0 Å². The highest BCUT2D eigenvalue weighted by atomic mass is 35.5. The van der Waals surface area contributed by atoms with Crippen molar-refractivity contribution in [2.45, 2.75) is 0 Å². The number of nitrogens with zero attached hydrogens (tertiary/aromatic N) is 1. The summed E-state index contributed by atoms with van der Waals surface area (Å²) in [5.41, 5.74) is 0.448. The SMILES string of the molecule is COc1cn(C)c(C(=O)Nc2cccc(Cl)c2)cc1=O. The third-order valence-electron chi connectivity index (χ3n) is 2.74. The summed E-state index contributed by atoms with van der Waals surface area (Å²) in [5.74, 6) is -0.207. The number of hydrogen-bond donors (Lipinski definition) is 1. The second-order valence-corrected chi connectivity index (χ2v) is 4.60. The molecule has 104 valence electrons. The summed E-state index contributed by atoms with van der Waals surface area (Å²) in [6, 6.07) is 8.01. The molecule has 20 heavy (non-hydrogen) atoms. The quantitative estimate of drug-likeness (QED) is 0.944. The predicted molar refractivity (Wildman–Crippen MR) is 77.6 cm³/mol. The van der Waals surface area contributed by atoms with Gasteiger partial charge in [0.25, 0.3) is 5.91 Å². The molecule has 1 aromatic heterocycles. The molecule has 0 fully saturated rings. The third-order valence-corrected chi connectivity index (χ3v) is 2.97.